The maximum Gasteiger partial charge on any atom is 0.222 e. The molecule has 1 aliphatic rings. The summed E-state index contributed by atoms with van der Waals surface area (Å²) in [6.45, 7) is 2.46. The van der Waals surface area contributed by atoms with Crippen molar-refractivity contribution in [2.45, 2.75) is 45.1 Å². The van der Waals surface area contributed by atoms with Gasteiger partial charge in [0.2, 0.25) is 5.91 Å². The summed E-state index contributed by atoms with van der Waals surface area (Å²) in [5, 5.41) is 3.02. The second kappa shape index (κ2) is 10.4. The van der Waals surface area contributed by atoms with Crippen molar-refractivity contribution in [1.29, 1.82) is 0 Å². The zero-order valence-corrected chi connectivity index (χ0v) is 15.5. The fourth-order valence-corrected chi connectivity index (χ4v) is 3.53. The Morgan fingerprint density at radius 2 is 1.88 bits per heavy atom. The van der Waals surface area contributed by atoms with E-state index in [4.69, 9.17) is 14.2 Å². The van der Waals surface area contributed by atoms with Crippen LogP contribution in [0.5, 0.6) is 5.75 Å². The number of hydrogen-bond donors (Lipinski definition) is 1. The summed E-state index contributed by atoms with van der Waals surface area (Å²) in [5.74, 6) is 0.886. The summed E-state index contributed by atoms with van der Waals surface area (Å²) in [4.78, 5) is 11.9. The van der Waals surface area contributed by atoms with Gasteiger partial charge in [-0.3, -0.25) is 4.79 Å². The molecule has 1 aromatic rings. The van der Waals surface area contributed by atoms with Crippen molar-refractivity contribution in [3.63, 3.8) is 0 Å². The largest absolute Gasteiger partial charge is 0.497 e. The predicted octanol–water partition coefficient (Wildman–Crippen LogP) is 3.32. The average Bonchev–Trinajstić information content (AvgIpc) is 3.08. The van der Waals surface area contributed by atoms with Crippen LogP contribution in [-0.4, -0.2) is 39.9 Å². The number of ether oxygens (including phenoxy) is 3. The van der Waals surface area contributed by atoms with Gasteiger partial charge in [0.1, 0.15) is 5.75 Å². The van der Waals surface area contributed by atoms with Gasteiger partial charge >= 0.3 is 0 Å². The Bertz CT molecular complexity index is 509. The first-order chi connectivity index (χ1) is 12.2. The summed E-state index contributed by atoms with van der Waals surface area (Å²) in [7, 11) is 3.41. The third kappa shape index (κ3) is 6.67. The molecular weight excluding hydrogens is 318 g/mol. The molecule has 5 nitrogen and oxygen atoms in total. The maximum absolute atomic E-state index is 11.9. The molecule has 2 rings (SSSR count). The summed E-state index contributed by atoms with van der Waals surface area (Å²) < 4.78 is 16.1. The lowest BCUT2D eigenvalue weighted by Crippen LogP contribution is -2.32. The monoisotopic (exact) mass is 349 g/mol. The average molecular weight is 349 g/mol. The van der Waals surface area contributed by atoms with E-state index < -0.39 is 0 Å². The molecule has 0 unspecified atom stereocenters. The van der Waals surface area contributed by atoms with Crippen LogP contribution >= 0.6 is 0 Å². The van der Waals surface area contributed by atoms with Crippen LogP contribution in [0, 0.1) is 5.41 Å². The van der Waals surface area contributed by atoms with Crippen LogP contribution in [0.1, 0.15) is 44.1 Å². The molecule has 1 amide bonds. The fraction of sp³-hybridized carbons (Fsp3) is 0.650. The summed E-state index contributed by atoms with van der Waals surface area (Å²) in [5.41, 5.74) is 1.34. The molecule has 0 atom stereocenters. The van der Waals surface area contributed by atoms with Gasteiger partial charge in [-0.25, -0.2) is 0 Å². The van der Waals surface area contributed by atoms with Crippen molar-refractivity contribution in [2.24, 2.45) is 5.41 Å². The highest BCUT2D eigenvalue weighted by atomic mass is 16.5. The van der Waals surface area contributed by atoms with Crippen LogP contribution in [0.3, 0.4) is 0 Å². The molecule has 1 N–H and O–H groups in total. The van der Waals surface area contributed by atoms with E-state index in [1.165, 1.54) is 25.7 Å². The Hall–Kier alpha value is -1.59. The predicted molar refractivity (Wildman–Crippen MR) is 97.7 cm³/mol. The number of amides is 1. The Morgan fingerprint density at radius 3 is 2.52 bits per heavy atom. The minimum Gasteiger partial charge on any atom is -0.497 e. The van der Waals surface area contributed by atoms with Crippen LogP contribution < -0.4 is 10.1 Å². The van der Waals surface area contributed by atoms with Gasteiger partial charge in [-0.2, -0.15) is 0 Å². The van der Waals surface area contributed by atoms with Gasteiger partial charge in [0, 0.05) is 20.1 Å². The lowest BCUT2D eigenvalue weighted by molar-refractivity contribution is -0.122. The minimum atomic E-state index is 0.0558. The molecule has 1 aromatic carbocycles. The summed E-state index contributed by atoms with van der Waals surface area (Å²) >= 11 is 0. The molecule has 140 valence electrons. The molecule has 0 aliphatic heterocycles. The van der Waals surface area contributed by atoms with Gasteiger partial charge in [0.15, 0.2) is 0 Å². The Morgan fingerprint density at radius 1 is 1.16 bits per heavy atom. The Kier molecular flexibility index (Phi) is 8.22. The van der Waals surface area contributed by atoms with E-state index in [0.29, 0.717) is 19.6 Å². The highest BCUT2D eigenvalue weighted by Gasteiger charge is 2.33. The van der Waals surface area contributed by atoms with Crippen molar-refractivity contribution < 1.29 is 19.0 Å². The first-order valence-electron chi connectivity index (χ1n) is 9.14. The van der Waals surface area contributed by atoms with Gasteiger partial charge in [-0.15, -0.1) is 0 Å². The van der Waals surface area contributed by atoms with Gasteiger partial charge in [0.05, 0.1) is 26.9 Å². The van der Waals surface area contributed by atoms with Crippen molar-refractivity contribution in [1.82, 2.24) is 5.32 Å². The number of hydrogen-bond acceptors (Lipinski definition) is 4. The van der Waals surface area contributed by atoms with Gasteiger partial charge in [0.25, 0.3) is 0 Å². The normalized spacial score (nSPS) is 15.9. The zero-order chi connectivity index (χ0) is 18.0. The number of methoxy groups -OCH3 is 2. The third-order valence-corrected chi connectivity index (χ3v) is 4.99. The number of carbonyl (C=O) groups is 1. The molecule has 0 spiro atoms. The van der Waals surface area contributed by atoms with Crippen LogP contribution in [-0.2, 0) is 20.9 Å². The summed E-state index contributed by atoms with van der Waals surface area (Å²) in [6.07, 6.45) is 6.36. The SMILES string of the molecule is COCC1(CCNC(=O)CCOCc2ccc(OC)cc2)CCCC1. The van der Waals surface area contributed by atoms with Crippen LogP contribution in [0.2, 0.25) is 0 Å². The fourth-order valence-electron chi connectivity index (χ4n) is 3.53. The minimum absolute atomic E-state index is 0.0558. The molecule has 25 heavy (non-hydrogen) atoms. The van der Waals surface area contributed by atoms with Crippen LogP contribution in [0.25, 0.3) is 0 Å². The lowest BCUT2D eigenvalue weighted by atomic mass is 9.83. The van der Waals surface area contributed by atoms with E-state index in [1.807, 2.05) is 24.3 Å². The van der Waals surface area contributed by atoms with Crippen molar-refractivity contribution >= 4 is 5.91 Å². The lowest BCUT2D eigenvalue weighted by Gasteiger charge is -2.28. The first-order valence-corrected chi connectivity index (χ1v) is 9.14. The molecule has 1 aliphatic carbocycles. The summed E-state index contributed by atoms with van der Waals surface area (Å²) in [6, 6.07) is 7.75. The second-order valence-corrected chi connectivity index (χ2v) is 6.89. The molecule has 1 saturated carbocycles. The van der Waals surface area contributed by atoms with E-state index in [2.05, 4.69) is 5.32 Å². The number of nitrogens with one attached hydrogen (secondary N) is 1. The molecule has 0 aromatic heterocycles. The molecule has 0 heterocycles. The zero-order valence-electron chi connectivity index (χ0n) is 15.5. The van der Waals surface area contributed by atoms with E-state index in [1.54, 1.807) is 14.2 Å². The van der Waals surface area contributed by atoms with E-state index in [0.717, 1.165) is 30.9 Å². The topological polar surface area (TPSA) is 56.8 Å². The third-order valence-electron chi connectivity index (χ3n) is 4.99. The second-order valence-electron chi connectivity index (χ2n) is 6.89. The molecule has 0 bridgehead atoms. The van der Waals surface area contributed by atoms with Crippen molar-refractivity contribution in [2.75, 3.05) is 34.0 Å². The molecule has 5 heteroatoms. The highest BCUT2D eigenvalue weighted by Crippen LogP contribution is 2.40. The molecule has 0 saturated heterocycles. The smallest absolute Gasteiger partial charge is 0.222 e. The van der Waals surface area contributed by atoms with E-state index >= 15 is 0 Å². The number of benzene rings is 1. The molecule has 0 radical (unpaired) electrons. The maximum atomic E-state index is 11.9. The number of carbonyl (C=O) groups excluding carboxylic acids is 1. The molecular formula is C20H31NO4. The Labute approximate surface area is 151 Å². The van der Waals surface area contributed by atoms with Gasteiger partial charge in [-0.1, -0.05) is 25.0 Å². The highest BCUT2D eigenvalue weighted by molar-refractivity contribution is 5.75. The van der Waals surface area contributed by atoms with Gasteiger partial charge in [-0.05, 0) is 42.4 Å². The van der Waals surface area contributed by atoms with Crippen LogP contribution in [0.15, 0.2) is 24.3 Å². The standard InChI is InChI=1S/C20H31NO4/c1-23-16-20(10-3-4-11-20)12-13-21-19(22)9-14-25-15-17-5-7-18(24-2)8-6-17/h5-8H,3-4,9-16H2,1-2H3,(H,21,22). The quantitative estimate of drug-likeness (QED) is 0.623. The van der Waals surface area contributed by atoms with E-state index in [-0.39, 0.29) is 11.3 Å². The first kappa shape index (κ1) is 19.7. The Balaban J connectivity index is 1.57. The van der Waals surface area contributed by atoms with Crippen molar-refractivity contribution in [3.05, 3.63) is 29.8 Å². The van der Waals surface area contributed by atoms with E-state index in [9.17, 15) is 4.79 Å². The molecule has 1 fully saturated rings. The van der Waals surface area contributed by atoms with Gasteiger partial charge < -0.3 is 19.5 Å². The van der Waals surface area contributed by atoms with Crippen molar-refractivity contribution in [3.8, 4) is 5.75 Å². The van der Waals surface area contributed by atoms with Crippen LogP contribution in [0.4, 0.5) is 0 Å². The number of rotatable bonds is 11.